The van der Waals surface area contributed by atoms with E-state index in [0.29, 0.717) is 31.4 Å². The molecule has 4 rings (SSSR count). The van der Waals surface area contributed by atoms with Crippen molar-refractivity contribution in [3.8, 4) is 0 Å². The van der Waals surface area contributed by atoms with Gasteiger partial charge in [0.15, 0.2) is 5.82 Å². The van der Waals surface area contributed by atoms with Gasteiger partial charge in [0.25, 0.3) is 0 Å². The van der Waals surface area contributed by atoms with Crippen molar-refractivity contribution in [1.82, 2.24) is 29.9 Å². The molecule has 1 aliphatic carbocycles. The van der Waals surface area contributed by atoms with Gasteiger partial charge in [0, 0.05) is 51.0 Å². The van der Waals surface area contributed by atoms with Crippen LogP contribution in [0.25, 0.3) is 0 Å². The highest BCUT2D eigenvalue weighted by Crippen LogP contribution is 2.35. The van der Waals surface area contributed by atoms with Gasteiger partial charge in [-0.2, -0.15) is 4.98 Å². The predicted molar refractivity (Wildman–Crippen MR) is 103 cm³/mol. The van der Waals surface area contributed by atoms with E-state index in [1.165, 1.54) is 6.42 Å². The van der Waals surface area contributed by atoms with Gasteiger partial charge in [-0.05, 0) is 25.8 Å². The molecule has 150 valence electrons. The van der Waals surface area contributed by atoms with E-state index in [-0.39, 0.29) is 5.91 Å². The van der Waals surface area contributed by atoms with Gasteiger partial charge < -0.3 is 14.3 Å². The normalized spacial score (nSPS) is 18.1. The topological polar surface area (TPSA) is 91.5 Å². The van der Waals surface area contributed by atoms with Gasteiger partial charge in [0.1, 0.15) is 0 Å². The van der Waals surface area contributed by atoms with E-state index in [1.807, 2.05) is 13.0 Å². The lowest BCUT2D eigenvalue weighted by Crippen LogP contribution is -2.50. The molecule has 9 nitrogen and oxygen atoms in total. The molecule has 0 radical (unpaired) electrons. The predicted octanol–water partition coefficient (Wildman–Crippen LogP) is 1.30. The third-order valence-corrected chi connectivity index (χ3v) is 5.57. The van der Waals surface area contributed by atoms with Crippen LogP contribution in [0.1, 0.15) is 43.8 Å². The molecular weight excluding hydrogens is 358 g/mol. The molecule has 1 saturated heterocycles. The van der Waals surface area contributed by atoms with Crippen molar-refractivity contribution in [2.75, 3.05) is 44.2 Å². The second-order valence-corrected chi connectivity index (χ2v) is 7.40. The summed E-state index contributed by atoms with van der Waals surface area (Å²) < 4.78 is 5.37. The highest BCUT2D eigenvalue weighted by atomic mass is 16.5. The molecule has 2 fully saturated rings. The minimum Gasteiger partial charge on any atom is -0.339 e. The van der Waals surface area contributed by atoms with Crippen molar-refractivity contribution < 1.29 is 9.32 Å². The molecule has 2 aromatic rings. The summed E-state index contributed by atoms with van der Waals surface area (Å²) in [5, 5.41) is 4.07. The molecule has 0 bridgehead atoms. The number of amides is 1. The fraction of sp³-hybridized carbons (Fsp3) is 0.632. The van der Waals surface area contributed by atoms with Gasteiger partial charge in [-0.25, -0.2) is 9.97 Å². The van der Waals surface area contributed by atoms with Gasteiger partial charge in [-0.15, -0.1) is 0 Å². The van der Waals surface area contributed by atoms with E-state index in [0.717, 1.165) is 50.9 Å². The van der Waals surface area contributed by atoms with Gasteiger partial charge >= 0.3 is 0 Å². The Hall–Kier alpha value is -2.55. The molecule has 0 aromatic carbocycles. The van der Waals surface area contributed by atoms with Crippen molar-refractivity contribution in [3.05, 3.63) is 30.2 Å². The van der Waals surface area contributed by atoms with Crippen molar-refractivity contribution in [1.29, 1.82) is 0 Å². The molecule has 1 aliphatic heterocycles. The molecule has 0 N–H and O–H groups in total. The lowest BCUT2D eigenvalue weighted by atomic mass is 9.85. The standard InChI is InChI=1S/C19H27N7O2/c1-2-25(13-16-22-18(28-23-16)15-5-3-6-15)17(27)14-24-9-11-26(12-10-24)19-20-7-4-8-21-19/h4,7-8,15H,2-3,5-6,9-14H2,1H3. The van der Waals surface area contributed by atoms with Crippen LogP contribution in [0.2, 0.25) is 0 Å². The molecular formula is C19H27N7O2. The van der Waals surface area contributed by atoms with Crippen LogP contribution in [0.5, 0.6) is 0 Å². The zero-order valence-electron chi connectivity index (χ0n) is 16.3. The van der Waals surface area contributed by atoms with Gasteiger partial charge in [0.05, 0.1) is 13.1 Å². The zero-order valence-corrected chi connectivity index (χ0v) is 16.3. The second kappa shape index (κ2) is 8.64. The summed E-state index contributed by atoms with van der Waals surface area (Å²) >= 11 is 0. The number of hydrogen-bond acceptors (Lipinski definition) is 8. The molecule has 2 aromatic heterocycles. The van der Waals surface area contributed by atoms with Crippen LogP contribution in [-0.4, -0.2) is 75.1 Å². The van der Waals surface area contributed by atoms with Gasteiger partial charge in [-0.1, -0.05) is 11.6 Å². The summed E-state index contributed by atoms with van der Waals surface area (Å²) in [5.74, 6) is 2.59. The number of likely N-dealkylation sites (N-methyl/N-ethyl adjacent to an activating group) is 1. The SMILES string of the molecule is CCN(Cc1noc(C2CCC2)n1)C(=O)CN1CCN(c2ncccn2)CC1. The van der Waals surface area contributed by atoms with E-state index < -0.39 is 0 Å². The van der Waals surface area contributed by atoms with Crippen molar-refractivity contribution >= 4 is 11.9 Å². The van der Waals surface area contributed by atoms with Gasteiger partial charge in [0.2, 0.25) is 17.7 Å². The quantitative estimate of drug-likeness (QED) is 0.704. The average Bonchev–Trinajstić information content (AvgIpc) is 3.14. The number of nitrogens with zero attached hydrogens (tertiary/aromatic N) is 7. The lowest BCUT2D eigenvalue weighted by Gasteiger charge is -2.35. The minimum atomic E-state index is 0.0990. The Balaban J connectivity index is 1.27. The van der Waals surface area contributed by atoms with E-state index >= 15 is 0 Å². The van der Waals surface area contributed by atoms with Crippen LogP contribution in [0.3, 0.4) is 0 Å². The number of anilines is 1. The summed E-state index contributed by atoms with van der Waals surface area (Å²) in [6.45, 7) is 6.69. The zero-order chi connectivity index (χ0) is 19.3. The molecule has 1 amide bonds. The maximum Gasteiger partial charge on any atom is 0.237 e. The molecule has 0 spiro atoms. The maximum atomic E-state index is 12.8. The van der Waals surface area contributed by atoms with E-state index in [1.54, 1.807) is 17.3 Å². The Kier molecular flexibility index (Phi) is 5.80. The molecule has 0 atom stereocenters. The lowest BCUT2D eigenvalue weighted by molar-refractivity contribution is -0.133. The smallest absolute Gasteiger partial charge is 0.237 e. The third kappa shape index (κ3) is 4.30. The summed E-state index contributed by atoms with van der Waals surface area (Å²) in [5.41, 5.74) is 0. The first kappa shape index (κ1) is 18.8. The molecule has 1 saturated carbocycles. The van der Waals surface area contributed by atoms with Crippen LogP contribution in [-0.2, 0) is 11.3 Å². The number of rotatable bonds is 7. The van der Waals surface area contributed by atoms with Crippen molar-refractivity contribution in [2.24, 2.45) is 0 Å². The third-order valence-electron chi connectivity index (χ3n) is 5.57. The number of carbonyl (C=O) groups is 1. The summed E-state index contributed by atoms with van der Waals surface area (Å²) in [7, 11) is 0. The molecule has 28 heavy (non-hydrogen) atoms. The monoisotopic (exact) mass is 385 g/mol. The van der Waals surface area contributed by atoms with Crippen LogP contribution < -0.4 is 4.90 Å². The van der Waals surface area contributed by atoms with Crippen molar-refractivity contribution in [3.63, 3.8) is 0 Å². The van der Waals surface area contributed by atoms with Crippen LogP contribution in [0.4, 0.5) is 5.95 Å². The largest absolute Gasteiger partial charge is 0.339 e. The second-order valence-electron chi connectivity index (χ2n) is 7.40. The Morgan fingerprint density at radius 1 is 1.21 bits per heavy atom. The number of hydrogen-bond donors (Lipinski definition) is 0. The van der Waals surface area contributed by atoms with Crippen molar-refractivity contribution in [2.45, 2.75) is 38.6 Å². The summed E-state index contributed by atoms with van der Waals surface area (Å²) in [4.78, 5) is 32.0. The Bertz CT molecular complexity index is 770. The molecule has 0 unspecified atom stereocenters. The molecule has 3 heterocycles. The number of aromatic nitrogens is 4. The Morgan fingerprint density at radius 2 is 1.96 bits per heavy atom. The molecule has 9 heteroatoms. The highest BCUT2D eigenvalue weighted by molar-refractivity contribution is 5.78. The average molecular weight is 385 g/mol. The van der Waals surface area contributed by atoms with Crippen LogP contribution in [0.15, 0.2) is 23.0 Å². The summed E-state index contributed by atoms with van der Waals surface area (Å²) in [6.07, 6.45) is 6.99. The fourth-order valence-electron chi connectivity index (χ4n) is 3.55. The van der Waals surface area contributed by atoms with Crippen LogP contribution >= 0.6 is 0 Å². The number of piperazine rings is 1. The fourth-order valence-corrected chi connectivity index (χ4v) is 3.55. The first-order chi connectivity index (χ1) is 13.7. The highest BCUT2D eigenvalue weighted by Gasteiger charge is 2.27. The molecule has 2 aliphatic rings. The van der Waals surface area contributed by atoms with E-state index in [2.05, 4.69) is 29.9 Å². The Morgan fingerprint density at radius 3 is 2.61 bits per heavy atom. The van der Waals surface area contributed by atoms with Gasteiger partial charge in [-0.3, -0.25) is 9.69 Å². The Labute approximate surface area is 164 Å². The van der Waals surface area contributed by atoms with E-state index in [9.17, 15) is 4.79 Å². The van der Waals surface area contributed by atoms with Crippen LogP contribution in [0, 0.1) is 0 Å². The summed E-state index contributed by atoms with van der Waals surface area (Å²) in [6, 6.07) is 1.82. The first-order valence-corrected chi connectivity index (χ1v) is 10.1. The minimum absolute atomic E-state index is 0.0990. The van der Waals surface area contributed by atoms with E-state index in [4.69, 9.17) is 4.52 Å². The maximum absolute atomic E-state index is 12.8. The first-order valence-electron chi connectivity index (χ1n) is 10.1. The number of carbonyl (C=O) groups excluding carboxylic acids is 1.